The minimum atomic E-state index is -3.76. The van der Waals surface area contributed by atoms with E-state index in [2.05, 4.69) is 16.0 Å². The number of sulfone groups is 1. The van der Waals surface area contributed by atoms with Crippen molar-refractivity contribution >= 4 is 21.8 Å². The van der Waals surface area contributed by atoms with Gasteiger partial charge in [-0.1, -0.05) is 31.4 Å². The molecule has 2 aromatic carbocycles. The van der Waals surface area contributed by atoms with Crippen LogP contribution in [0.15, 0.2) is 42.5 Å². The molecule has 9 nitrogen and oxygen atoms in total. The number of aliphatic hydroxyl groups is 1. The molecule has 0 aliphatic heterocycles. The summed E-state index contributed by atoms with van der Waals surface area (Å²) in [5.74, 6) is -0.797. The Bertz CT molecular complexity index is 1300. The Kier molecular flexibility index (Phi) is 12.5. The van der Waals surface area contributed by atoms with Crippen LogP contribution in [0.25, 0.3) is 0 Å². The Hall–Kier alpha value is -3.53. The third-order valence-corrected chi connectivity index (χ3v) is 7.83. The fourth-order valence-corrected chi connectivity index (χ4v) is 5.64. The molecule has 0 aliphatic carbocycles. The van der Waals surface area contributed by atoms with E-state index in [1.165, 1.54) is 0 Å². The molecule has 0 aromatic heterocycles. The first-order chi connectivity index (χ1) is 18.9. The molecule has 0 aliphatic rings. The van der Waals surface area contributed by atoms with Crippen LogP contribution in [0.2, 0.25) is 0 Å². The first-order valence-electron chi connectivity index (χ1n) is 12.6. The molecule has 2 amide bonds. The first kappa shape index (κ1) is 32.7. The molecule has 0 heterocycles. The number of benzene rings is 2. The van der Waals surface area contributed by atoms with Crippen LogP contribution >= 0.6 is 0 Å². The van der Waals surface area contributed by atoms with Gasteiger partial charge in [0.15, 0.2) is 9.84 Å². The number of methoxy groups -OCH3 is 1. The molecule has 3 atom stereocenters. The molecule has 0 saturated heterocycles. The zero-order chi connectivity index (χ0) is 29.9. The van der Waals surface area contributed by atoms with E-state index < -0.39 is 57.4 Å². The number of nitrogens with two attached hydrogens (primary N) is 1. The Labute approximate surface area is 233 Å². The number of rotatable bonds is 14. The lowest BCUT2D eigenvalue weighted by Gasteiger charge is -2.31. The number of nitrogens with one attached hydrogen (secondary N) is 1. The largest absolute Gasteiger partial charge is 0.453 e. The van der Waals surface area contributed by atoms with Crippen LogP contribution in [0.4, 0.5) is 13.6 Å². The van der Waals surface area contributed by atoms with Crippen LogP contribution in [0, 0.1) is 24.0 Å². The summed E-state index contributed by atoms with van der Waals surface area (Å²) in [4.78, 5) is 26.9. The van der Waals surface area contributed by atoms with Crippen molar-refractivity contribution in [2.45, 2.75) is 50.9 Å². The van der Waals surface area contributed by atoms with Gasteiger partial charge in [-0.25, -0.2) is 22.0 Å². The van der Waals surface area contributed by atoms with Crippen LogP contribution in [-0.2, 0) is 32.3 Å². The van der Waals surface area contributed by atoms with Gasteiger partial charge in [0.2, 0.25) is 5.91 Å². The zero-order valence-corrected chi connectivity index (χ0v) is 23.3. The summed E-state index contributed by atoms with van der Waals surface area (Å²) < 4.78 is 57.3. The number of halogens is 2. The predicted molar refractivity (Wildman–Crippen MR) is 147 cm³/mol. The fraction of sp³-hybridized carbons (Fsp3) is 0.429. The van der Waals surface area contributed by atoms with Gasteiger partial charge in [0, 0.05) is 30.8 Å². The number of amides is 2. The number of aliphatic hydroxyl groups excluding tert-OH is 1. The first-order valence-corrected chi connectivity index (χ1v) is 14.5. The number of unbranched alkanes of at least 4 members (excludes halogenated alkanes) is 1. The van der Waals surface area contributed by atoms with Crippen molar-refractivity contribution in [3.8, 4) is 12.3 Å². The van der Waals surface area contributed by atoms with Crippen molar-refractivity contribution in [2.75, 3.05) is 25.2 Å². The molecule has 0 bridgehead atoms. The molecule has 12 heteroatoms. The molecule has 218 valence electrons. The minimum absolute atomic E-state index is 0.110. The lowest BCUT2D eigenvalue weighted by molar-refractivity contribution is -0.135. The quantitative estimate of drug-likeness (QED) is 0.292. The van der Waals surface area contributed by atoms with Gasteiger partial charge in [-0.15, -0.1) is 6.42 Å². The van der Waals surface area contributed by atoms with Gasteiger partial charge in [-0.05, 0) is 48.2 Å². The van der Waals surface area contributed by atoms with Crippen molar-refractivity contribution in [1.29, 1.82) is 0 Å². The highest BCUT2D eigenvalue weighted by molar-refractivity contribution is 7.91. The Morgan fingerprint density at radius 3 is 2.45 bits per heavy atom. The summed E-state index contributed by atoms with van der Waals surface area (Å²) in [6.07, 6.45) is 3.96. The highest BCUT2D eigenvalue weighted by Crippen LogP contribution is 2.15. The van der Waals surface area contributed by atoms with Crippen LogP contribution in [-0.4, -0.2) is 73.8 Å². The third kappa shape index (κ3) is 10.6. The maximum absolute atomic E-state index is 13.7. The number of alkyl carbamates (subject to hydrolysis) is 1. The number of ether oxygens (including phenoxy) is 1. The standard InChI is InChI=1S/C28H35F2N3O6S/c1-4-6-10-40(37,38)18-25(32-28(36)39-3)27(35)33(16-20-9-7-8-19(5-2)11-20)17-26(34)24(31)14-21-12-22(29)15-23(30)13-21/h2,7-9,11-13,15,24-26,34H,4,6,10,14,16-18,31H2,1,3H3,(H,32,36)/t24-,25+,26+/m0/s1. The molecule has 2 aromatic rings. The molecule has 0 unspecified atom stereocenters. The van der Waals surface area contributed by atoms with E-state index in [0.29, 0.717) is 30.0 Å². The van der Waals surface area contributed by atoms with Crippen molar-refractivity contribution in [3.63, 3.8) is 0 Å². The smallest absolute Gasteiger partial charge is 0.407 e. The highest BCUT2D eigenvalue weighted by atomic mass is 32.2. The molecule has 0 spiro atoms. The SMILES string of the molecule is C#Cc1cccc(CN(C[C@@H](O)[C@@H](N)Cc2cc(F)cc(F)c2)C(=O)[C@@H](CS(=O)(=O)CCCC)NC(=O)OC)c1. The molecule has 40 heavy (non-hydrogen) atoms. The van der Waals surface area contributed by atoms with Crippen LogP contribution in [0.1, 0.15) is 36.5 Å². The second kappa shape index (κ2) is 15.3. The van der Waals surface area contributed by atoms with Gasteiger partial charge in [0.1, 0.15) is 17.7 Å². The zero-order valence-electron chi connectivity index (χ0n) is 22.5. The second-order valence-electron chi connectivity index (χ2n) is 9.43. The summed E-state index contributed by atoms with van der Waals surface area (Å²) in [6, 6.07) is 6.99. The van der Waals surface area contributed by atoms with Crippen LogP contribution < -0.4 is 11.1 Å². The molecule has 0 fully saturated rings. The Morgan fingerprint density at radius 1 is 1.18 bits per heavy atom. The van der Waals surface area contributed by atoms with Gasteiger partial charge in [0.05, 0.1) is 24.7 Å². The number of hydrogen-bond donors (Lipinski definition) is 3. The molecule has 0 radical (unpaired) electrons. The normalized spacial score (nSPS) is 13.5. The molecule has 0 saturated carbocycles. The number of carbonyl (C=O) groups excluding carboxylic acids is 2. The Balaban J connectivity index is 2.37. The fourth-order valence-electron chi connectivity index (χ4n) is 4.01. The summed E-state index contributed by atoms with van der Waals surface area (Å²) in [7, 11) is -2.68. The second-order valence-corrected chi connectivity index (χ2v) is 11.7. The summed E-state index contributed by atoms with van der Waals surface area (Å²) in [5.41, 5.74) is 7.43. The van der Waals surface area contributed by atoms with Crippen molar-refractivity contribution in [3.05, 3.63) is 70.8 Å². The predicted octanol–water partition coefficient (Wildman–Crippen LogP) is 2.15. The van der Waals surface area contributed by atoms with Gasteiger partial charge in [-0.2, -0.15) is 0 Å². The topological polar surface area (TPSA) is 139 Å². The summed E-state index contributed by atoms with van der Waals surface area (Å²) in [5, 5.41) is 13.2. The molecule has 2 rings (SSSR count). The average molecular weight is 580 g/mol. The lowest BCUT2D eigenvalue weighted by Crippen LogP contribution is -2.54. The maximum Gasteiger partial charge on any atom is 0.407 e. The molecular weight excluding hydrogens is 544 g/mol. The number of hydrogen-bond acceptors (Lipinski definition) is 7. The van der Waals surface area contributed by atoms with Crippen LogP contribution in [0.3, 0.4) is 0 Å². The van der Waals surface area contributed by atoms with Crippen molar-refractivity contribution in [1.82, 2.24) is 10.2 Å². The van der Waals surface area contributed by atoms with Gasteiger partial charge >= 0.3 is 6.09 Å². The summed E-state index contributed by atoms with van der Waals surface area (Å²) in [6.45, 7) is 1.33. The maximum atomic E-state index is 13.7. The van der Waals surface area contributed by atoms with Gasteiger partial charge in [0.25, 0.3) is 0 Å². The van der Waals surface area contributed by atoms with Crippen molar-refractivity contribution < 1.29 is 36.6 Å². The highest BCUT2D eigenvalue weighted by Gasteiger charge is 2.33. The number of nitrogens with zero attached hydrogens (tertiary/aromatic N) is 1. The lowest BCUT2D eigenvalue weighted by atomic mass is 10.0. The average Bonchev–Trinajstić information content (AvgIpc) is 2.90. The van der Waals surface area contributed by atoms with Gasteiger partial charge < -0.3 is 25.8 Å². The van der Waals surface area contributed by atoms with E-state index >= 15 is 0 Å². The monoisotopic (exact) mass is 579 g/mol. The van der Waals surface area contributed by atoms with Gasteiger partial charge in [-0.3, -0.25) is 4.79 Å². The van der Waals surface area contributed by atoms with E-state index in [-0.39, 0.29) is 30.8 Å². The summed E-state index contributed by atoms with van der Waals surface area (Å²) >= 11 is 0. The van der Waals surface area contributed by atoms with E-state index in [0.717, 1.165) is 24.1 Å². The van der Waals surface area contributed by atoms with E-state index in [1.807, 2.05) is 6.92 Å². The molecular formula is C28H35F2N3O6S. The Morgan fingerprint density at radius 2 is 1.85 bits per heavy atom. The molecule has 4 N–H and O–H groups in total. The third-order valence-electron chi connectivity index (χ3n) is 6.08. The van der Waals surface area contributed by atoms with E-state index in [4.69, 9.17) is 12.2 Å². The minimum Gasteiger partial charge on any atom is -0.453 e. The number of carbonyl (C=O) groups is 2. The van der Waals surface area contributed by atoms with E-state index in [1.54, 1.807) is 24.3 Å². The van der Waals surface area contributed by atoms with Crippen LogP contribution in [0.5, 0.6) is 0 Å². The van der Waals surface area contributed by atoms with Crippen molar-refractivity contribution in [2.24, 2.45) is 5.73 Å². The van der Waals surface area contributed by atoms with E-state index in [9.17, 15) is 31.9 Å². The number of terminal acetylenes is 1.